The second-order valence-electron chi connectivity index (χ2n) is 4.98. The molecule has 2 aromatic heterocycles. The van der Waals surface area contributed by atoms with Crippen LogP contribution in [-0.2, 0) is 19.4 Å². The smallest absolute Gasteiger partial charge is 0.218 e. The van der Waals surface area contributed by atoms with Crippen LogP contribution < -0.4 is 10.1 Å². The summed E-state index contributed by atoms with van der Waals surface area (Å²) in [4.78, 5) is 8.76. The van der Waals surface area contributed by atoms with Crippen molar-refractivity contribution in [1.29, 1.82) is 5.26 Å². The second-order valence-corrected chi connectivity index (χ2v) is 4.98. The van der Waals surface area contributed by atoms with Crippen molar-refractivity contribution < 1.29 is 4.74 Å². The standard InChI is InChI=1S/C16H16N4O/c1-21-16-12(5-3-7-18-16)10-19-15-13(9-17)8-11-4-2-6-14(11)20-15/h3,5,7-8H,2,4,6,10H2,1H3,(H,19,20). The molecule has 3 rings (SSSR count). The number of nitrogens with zero attached hydrogens (tertiary/aromatic N) is 3. The van der Waals surface area contributed by atoms with Crippen molar-refractivity contribution >= 4 is 5.82 Å². The first-order chi connectivity index (χ1) is 10.3. The van der Waals surface area contributed by atoms with Crippen molar-refractivity contribution in [3.8, 4) is 11.9 Å². The highest BCUT2D eigenvalue weighted by atomic mass is 16.5. The molecule has 106 valence electrons. The third kappa shape index (κ3) is 2.65. The minimum Gasteiger partial charge on any atom is -0.481 e. The van der Waals surface area contributed by atoms with E-state index in [-0.39, 0.29) is 0 Å². The molecular formula is C16H16N4O. The molecule has 0 aromatic carbocycles. The fraction of sp³-hybridized carbons (Fsp3) is 0.312. The van der Waals surface area contributed by atoms with Gasteiger partial charge in [0.2, 0.25) is 5.88 Å². The molecule has 0 bridgehead atoms. The fourth-order valence-corrected chi connectivity index (χ4v) is 2.61. The molecule has 0 radical (unpaired) electrons. The summed E-state index contributed by atoms with van der Waals surface area (Å²) in [5.41, 5.74) is 3.84. The van der Waals surface area contributed by atoms with Crippen LogP contribution in [0.2, 0.25) is 0 Å². The number of ether oxygens (including phenoxy) is 1. The summed E-state index contributed by atoms with van der Waals surface area (Å²) < 4.78 is 5.23. The van der Waals surface area contributed by atoms with Crippen LogP contribution in [0.25, 0.3) is 0 Å². The Balaban J connectivity index is 1.84. The monoisotopic (exact) mass is 280 g/mol. The molecule has 0 saturated carbocycles. The highest BCUT2D eigenvalue weighted by Crippen LogP contribution is 2.25. The number of hydrogen-bond donors (Lipinski definition) is 1. The average molecular weight is 280 g/mol. The molecule has 0 saturated heterocycles. The summed E-state index contributed by atoms with van der Waals surface area (Å²) >= 11 is 0. The first-order valence-electron chi connectivity index (χ1n) is 6.96. The fourth-order valence-electron chi connectivity index (χ4n) is 2.61. The zero-order valence-electron chi connectivity index (χ0n) is 11.9. The van der Waals surface area contributed by atoms with Gasteiger partial charge in [-0.3, -0.25) is 0 Å². The number of methoxy groups -OCH3 is 1. The van der Waals surface area contributed by atoms with Gasteiger partial charge >= 0.3 is 0 Å². The Labute approximate surface area is 123 Å². The summed E-state index contributed by atoms with van der Waals surface area (Å²) in [6, 6.07) is 7.98. The van der Waals surface area contributed by atoms with Gasteiger partial charge in [0.25, 0.3) is 0 Å². The second kappa shape index (κ2) is 5.80. The lowest BCUT2D eigenvalue weighted by Crippen LogP contribution is -2.07. The Bertz CT molecular complexity index is 706. The van der Waals surface area contributed by atoms with Gasteiger partial charge in [-0.25, -0.2) is 9.97 Å². The lowest BCUT2D eigenvalue weighted by molar-refractivity contribution is 0.393. The zero-order chi connectivity index (χ0) is 14.7. The van der Waals surface area contributed by atoms with Gasteiger partial charge in [-0.1, -0.05) is 6.07 Å². The number of hydrogen-bond acceptors (Lipinski definition) is 5. The van der Waals surface area contributed by atoms with Gasteiger partial charge in [-0.15, -0.1) is 0 Å². The molecule has 1 aliphatic rings. The maximum atomic E-state index is 9.28. The van der Waals surface area contributed by atoms with Crippen LogP contribution in [0.5, 0.6) is 5.88 Å². The first-order valence-corrected chi connectivity index (χ1v) is 6.96. The van der Waals surface area contributed by atoms with Gasteiger partial charge in [0, 0.05) is 24.0 Å². The Kier molecular flexibility index (Phi) is 3.69. The topological polar surface area (TPSA) is 70.8 Å². The Hall–Kier alpha value is -2.61. The van der Waals surface area contributed by atoms with Crippen molar-refractivity contribution in [3.63, 3.8) is 0 Å². The van der Waals surface area contributed by atoms with Gasteiger partial charge in [-0.2, -0.15) is 5.26 Å². The number of fused-ring (bicyclic) bond motifs is 1. The first kappa shape index (κ1) is 13.4. The van der Waals surface area contributed by atoms with Crippen molar-refractivity contribution in [3.05, 3.63) is 46.8 Å². The SMILES string of the molecule is COc1ncccc1CNc1nc2c(cc1C#N)CCC2. The Morgan fingerprint density at radius 3 is 3.14 bits per heavy atom. The summed E-state index contributed by atoms with van der Waals surface area (Å²) in [6.45, 7) is 0.525. The molecule has 1 N–H and O–H groups in total. The predicted octanol–water partition coefficient (Wildman–Crippen LogP) is 2.46. The Morgan fingerprint density at radius 1 is 1.43 bits per heavy atom. The van der Waals surface area contributed by atoms with E-state index in [2.05, 4.69) is 21.4 Å². The largest absolute Gasteiger partial charge is 0.481 e. The van der Waals surface area contributed by atoms with Gasteiger partial charge in [-0.05, 0) is 37.0 Å². The van der Waals surface area contributed by atoms with Crippen LogP contribution in [0.3, 0.4) is 0 Å². The quantitative estimate of drug-likeness (QED) is 0.931. The van der Waals surface area contributed by atoms with Crippen LogP contribution >= 0.6 is 0 Å². The van der Waals surface area contributed by atoms with Crippen LogP contribution in [-0.4, -0.2) is 17.1 Å². The van der Waals surface area contributed by atoms with Gasteiger partial charge in [0.1, 0.15) is 11.9 Å². The molecule has 0 atom stereocenters. The van der Waals surface area contributed by atoms with Crippen LogP contribution in [0.4, 0.5) is 5.82 Å². The molecular weight excluding hydrogens is 264 g/mol. The van der Waals surface area contributed by atoms with E-state index >= 15 is 0 Å². The number of rotatable bonds is 4. The summed E-state index contributed by atoms with van der Waals surface area (Å²) in [6.07, 6.45) is 4.82. The van der Waals surface area contributed by atoms with E-state index in [4.69, 9.17) is 4.74 Å². The minimum atomic E-state index is 0.525. The van der Waals surface area contributed by atoms with Crippen molar-refractivity contribution in [2.24, 2.45) is 0 Å². The van der Waals surface area contributed by atoms with E-state index in [1.54, 1.807) is 13.3 Å². The molecule has 0 aliphatic heterocycles. The van der Waals surface area contributed by atoms with E-state index in [9.17, 15) is 5.26 Å². The van der Waals surface area contributed by atoms with E-state index in [1.807, 2.05) is 18.2 Å². The van der Waals surface area contributed by atoms with Gasteiger partial charge < -0.3 is 10.1 Å². The van der Waals surface area contributed by atoms with Crippen molar-refractivity contribution in [1.82, 2.24) is 9.97 Å². The molecule has 0 fully saturated rings. The summed E-state index contributed by atoms with van der Waals surface area (Å²) in [7, 11) is 1.60. The number of nitrogens with one attached hydrogen (secondary N) is 1. The lowest BCUT2D eigenvalue weighted by atomic mass is 10.1. The third-order valence-electron chi connectivity index (χ3n) is 3.66. The molecule has 2 aromatic rings. The highest BCUT2D eigenvalue weighted by molar-refractivity contribution is 5.55. The minimum absolute atomic E-state index is 0.525. The van der Waals surface area contributed by atoms with Crippen LogP contribution in [0.1, 0.15) is 28.8 Å². The molecule has 0 unspecified atom stereocenters. The number of pyridine rings is 2. The number of aromatic nitrogens is 2. The molecule has 5 nitrogen and oxygen atoms in total. The Morgan fingerprint density at radius 2 is 2.33 bits per heavy atom. The normalized spacial score (nSPS) is 12.6. The number of aryl methyl sites for hydroxylation is 2. The molecule has 0 spiro atoms. The predicted molar refractivity (Wildman–Crippen MR) is 79.1 cm³/mol. The number of anilines is 1. The van der Waals surface area contributed by atoms with Crippen LogP contribution in [0, 0.1) is 11.3 Å². The number of nitriles is 1. The van der Waals surface area contributed by atoms with E-state index < -0.39 is 0 Å². The molecule has 1 aliphatic carbocycles. The average Bonchev–Trinajstić information content (AvgIpc) is 2.99. The van der Waals surface area contributed by atoms with E-state index in [0.29, 0.717) is 23.8 Å². The maximum Gasteiger partial charge on any atom is 0.218 e. The van der Waals surface area contributed by atoms with E-state index in [0.717, 1.165) is 30.5 Å². The third-order valence-corrected chi connectivity index (χ3v) is 3.66. The van der Waals surface area contributed by atoms with Gasteiger partial charge in [0.15, 0.2) is 0 Å². The zero-order valence-corrected chi connectivity index (χ0v) is 11.9. The molecule has 21 heavy (non-hydrogen) atoms. The van der Waals surface area contributed by atoms with Crippen molar-refractivity contribution in [2.45, 2.75) is 25.8 Å². The van der Waals surface area contributed by atoms with E-state index in [1.165, 1.54) is 5.56 Å². The molecule has 2 heterocycles. The molecule has 0 amide bonds. The lowest BCUT2D eigenvalue weighted by Gasteiger charge is -2.11. The van der Waals surface area contributed by atoms with Crippen LogP contribution in [0.15, 0.2) is 24.4 Å². The highest BCUT2D eigenvalue weighted by Gasteiger charge is 2.16. The molecule has 5 heteroatoms. The maximum absolute atomic E-state index is 9.28. The van der Waals surface area contributed by atoms with Gasteiger partial charge in [0.05, 0.1) is 12.7 Å². The summed E-state index contributed by atoms with van der Waals surface area (Å²) in [5.74, 6) is 1.23. The summed E-state index contributed by atoms with van der Waals surface area (Å²) in [5, 5.41) is 12.5. The van der Waals surface area contributed by atoms with Crippen molar-refractivity contribution in [2.75, 3.05) is 12.4 Å².